The Labute approximate surface area is 141 Å². The van der Waals surface area contributed by atoms with Crippen LogP contribution in [0.2, 0.25) is 0 Å². The molecule has 1 aromatic rings. The van der Waals surface area contributed by atoms with Gasteiger partial charge in [0.15, 0.2) is 0 Å². The van der Waals surface area contributed by atoms with E-state index in [1.165, 1.54) is 4.90 Å². The third-order valence-corrected chi connectivity index (χ3v) is 4.51. The minimum Gasteiger partial charge on any atom is -0.480 e. The third kappa shape index (κ3) is 4.34. The van der Waals surface area contributed by atoms with Gasteiger partial charge in [0.1, 0.15) is 6.54 Å². The van der Waals surface area contributed by atoms with E-state index in [0.29, 0.717) is 23.6 Å². The van der Waals surface area contributed by atoms with Gasteiger partial charge in [0.2, 0.25) is 5.91 Å². The lowest BCUT2D eigenvalue weighted by Crippen LogP contribution is -2.41. The predicted octanol–water partition coefficient (Wildman–Crippen LogP) is 2.61. The standard InChI is InChI=1S/C18H24N2O4/c1-4-12(3)20(10-16(21)22)18(24)13-6-5-7-14(9-13)19-17(23)15-8-11(15)2/h5-7,9,11-12,15H,4,8,10H2,1-3H3,(H,19,23)(H,21,22). The average molecular weight is 332 g/mol. The predicted molar refractivity (Wildman–Crippen MR) is 90.8 cm³/mol. The topological polar surface area (TPSA) is 86.7 Å². The number of rotatable bonds is 7. The number of anilines is 1. The highest BCUT2D eigenvalue weighted by atomic mass is 16.4. The molecule has 3 unspecified atom stereocenters. The summed E-state index contributed by atoms with van der Waals surface area (Å²) in [5, 5.41) is 11.9. The van der Waals surface area contributed by atoms with Crippen molar-refractivity contribution in [3.05, 3.63) is 29.8 Å². The van der Waals surface area contributed by atoms with E-state index >= 15 is 0 Å². The fourth-order valence-electron chi connectivity index (χ4n) is 2.61. The van der Waals surface area contributed by atoms with Crippen LogP contribution in [0.1, 0.15) is 44.0 Å². The zero-order valence-corrected chi connectivity index (χ0v) is 14.3. The van der Waals surface area contributed by atoms with Crippen molar-refractivity contribution in [2.45, 2.75) is 39.7 Å². The van der Waals surface area contributed by atoms with Gasteiger partial charge in [-0.1, -0.05) is 19.9 Å². The number of carboxylic acids is 1. The molecular weight excluding hydrogens is 308 g/mol. The van der Waals surface area contributed by atoms with E-state index in [1.807, 2.05) is 20.8 Å². The number of nitrogens with one attached hydrogen (secondary N) is 1. The molecule has 1 fully saturated rings. The summed E-state index contributed by atoms with van der Waals surface area (Å²) in [4.78, 5) is 37.1. The van der Waals surface area contributed by atoms with Gasteiger partial charge in [-0.15, -0.1) is 0 Å². The lowest BCUT2D eigenvalue weighted by molar-refractivity contribution is -0.138. The normalized spacial score (nSPS) is 20.1. The van der Waals surface area contributed by atoms with Crippen LogP contribution in [0, 0.1) is 11.8 Å². The van der Waals surface area contributed by atoms with Gasteiger partial charge in [-0.2, -0.15) is 0 Å². The van der Waals surface area contributed by atoms with Crippen molar-refractivity contribution < 1.29 is 19.5 Å². The van der Waals surface area contributed by atoms with Crippen molar-refractivity contribution in [3.8, 4) is 0 Å². The van der Waals surface area contributed by atoms with Crippen molar-refractivity contribution in [3.63, 3.8) is 0 Å². The van der Waals surface area contributed by atoms with E-state index < -0.39 is 5.97 Å². The summed E-state index contributed by atoms with van der Waals surface area (Å²) in [5.74, 6) is -0.964. The zero-order chi connectivity index (χ0) is 17.9. The number of amides is 2. The minimum absolute atomic E-state index is 0.0311. The molecule has 1 aliphatic rings. The molecule has 0 saturated heterocycles. The van der Waals surface area contributed by atoms with Gasteiger partial charge in [-0.05, 0) is 43.9 Å². The molecule has 0 bridgehead atoms. The molecular formula is C18H24N2O4. The van der Waals surface area contributed by atoms with E-state index in [9.17, 15) is 14.4 Å². The summed E-state index contributed by atoms with van der Waals surface area (Å²) in [7, 11) is 0. The molecule has 2 N–H and O–H groups in total. The molecule has 0 spiro atoms. The van der Waals surface area contributed by atoms with Crippen LogP contribution in [-0.2, 0) is 9.59 Å². The first-order valence-corrected chi connectivity index (χ1v) is 8.27. The van der Waals surface area contributed by atoms with Crippen LogP contribution in [0.4, 0.5) is 5.69 Å². The first-order valence-electron chi connectivity index (χ1n) is 8.27. The van der Waals surface area contributed by atoms with Gasteiger partial charge in [-0.3, -0.25) is 14.4 Å². The van der Waals surface area contributed by atoms with Gasteiger partial charge in [0.25, 0.3) is 5.91 Å². The maximum atomic E-state index is 12.7. The molecule has 3 atom stereocenters. The fraction of sp³-hybridized carbons (Fsp3) is 0.500. The Morgan fingerprint density at radius 1 is 1.38 bits per heavy atom. The number of carbonyl (C=O) groups is 3. The Hall–Kier alpha value is -2.37. The van der Waals surface area contributed by atoms with Crippen molar-refractivity contribution in [1.82, 2.24) is 4.90 Å². The van der Waals surface area contributed by atoms with E-state index in [-0.39, 0.29) is 30.3 Å². The maximum Gasteiger partial charge on any atom is 0.323 e. The molecule has 130 valence electrons. The van der Waals surface area contributed by atoms with Crippen LogP contribution >= 0.6 is 0 Å². The summed E-state index contributed by atoms with van der Waals surface area (Å²) in [5.41, 5.74) is 0.933. The molecule has 0 radical (unpaired) electrons. The molecule has 0 aromatic heterocycles. The van der Waals surface area contributed by atoms with E-state index in [4.69, 9.17) is 5.11 Å². The van der Waals surface area contributed by atoms with Crippen LogP contribution in [-0.4, -0.2) is 40.4 Å². The smallest absolute Gasteiger partial charge is 0.323 e. The Bertz CT molecular complexity index is 644. The maximum absolute atomic E-state index is 12.7. The highest BCUT2D eigenvalue weighted by Gasteiger charge is 2.39. The number of aliphatic carboxylic acids is 1. The number of carbonyl (C=O) groups excluding carboxylic acids is 2. The van der Waals surface area contributed by atoms with Gasteiger partial charge in [0.05, 0.1) is 0 Å². The van der Waals surface area contributed by atoms with Gasteiger partial charge >= 0.3 is 5.97 Å². The van der Waals surface area contributed by atoms with Gasteiger partial charge in [0, 0.05) is 23.2 Å². The van der Waals surface area contributed by atoms with Crippen LogP contribution in [0.3, 0.4) is 0 Å². The largest absolute Gasteiger partial charge is 0.480 e. The third-order valence-electron chi connectivity index (χ3n) is 4.51. The minimum atomic E-state index is -1.05. The Morgan fingerprint density at radius 2 is 2.04 bits per heavy atom. The monoisotopic (exact) mass is 332 g/mol. The molecule has 24 heavy (non-hydrogen) atoms. The van der Waals surface area contributed by atoms with E-state index in [2.05, 4.69) is 5.32 Å². The molecule has 1 saturated carbocycles. The molecule has 2 amide bonds. The summed E-state index contributed by atoms with van der Waals surface area (Å²) in [6, 6.07) is 6.47. The second kappa shape index (κ2) is 7.47. The zero-order valence-electron chi connectivity index (χ0n) is 14.3. The van der Waals surface area contributed by atoms with E-state index in [1.54, 1.807) is 24.3 Å². The quantitative estimate of drug-likeness (QED) is 0.803. The lowest BCUT2D eigenvalue weighted by Gasteiger charge is -2.27. The highest BCUT2D eigenvalue weighted by molar-refractivity contribution is 5.99. The van der Waals surface area contributed by atoms with Crippen molar-refractivity contribution in [2.24, 2.45) is 11.8 Å². The Kier molecular flexibility index (Phi) is 5.59. The van der Waals surface area contributed by atoms with Crippen LogP contribution < -0.4 is 5.32 Å². The SMILES string of the molecule is CCC(C)N(CC(=O)O)C(=O)c1cccc(NC(=O)C2CC2C)c1. The second-order valence-electron chi connectivity index (χ2n) is 6.47. The molecule has 6 nitrogen and oxygen atoms in total. The second-order valence-corrected chi connectivity index (χ2v) is 6.47. The molecule has 0 aliphatic heterocycles. The van der Waals surface area contributed by atoms with Crippen LogP contribution in [0.15, 0.2) is 24.3 Å². The van der Waals surface area contributed by atoms with Crippen LogP contribution in [0.5, 0.6) is 0 Å². The number of carboxylic acid groups (broad SMARTS) is 1. The van der Waals surface area contributed by atoms with Crippen molar-refractivity contribution in [2.75, 3.05) is 11.9 Å². The number of hydrogen-bond donors (Lipinski definition) is 2. The lowest BCUT2D eigenvalue weighted by atomic mass is 10.1. The molecule has 1 aliphatic carbocycles. The summed E-state index contributed by atoms with van der Waals surface area (Å²) in [6.45, 7) is 5.41. The summed E-state index contributed by atoms with van der Waals surface area (Å²) >= 11 is 0. The number of nitrogens with zero attached hydrogens (tertiary/aromatic N) is 1. The Morgan fingerprint density at radius 3 is 2.58 bits per heavy atom. The summed E-state index contributed by atoms with van der Waals surface area (Å²) in [6.07, 6.45) is 1.56. The van der Waals surface area contributed by atoms with Crippen LogP contribution in [0.25, 0.3) is 0 Å². The van der Waals surface area contributed by atoms with Crippen molar-refractivity contribution >= 4 is 23.5 Å². The number of hydrogen-bond acceptors (Lipinski definition) is 3. The van der Waals surface area contributed by atoms with E-state index in [0.717, 1.165) is 6.42 Å². The summed E-state index contributed by atoms with van der Waals surface area (Å²) < 4.78 is 0. The van der Waals surface area contributed by atoms with Gasteiger partial charge < -0.3 is 15.3 Å². The Balaban J connectivity index is 2.14. The molecule has 2 rings (SSSR count). The highest BCUT2D eigenvalue weighted by Crippen LogP contribution is 2.38. The first kappa shape index (κ1) is 18.0. The molecule has 1 aromatic carbocycles. The average Bonchev–Trinajstić information content (AvgIpc) is 3.28. The fourth-order valence-corrected chi connectivity index (χ4v) is 2.61. The molecule has 6 heteroatoms. The molecule has 0 heterocycles. The number of benzene rings is 1. The van der Waals surface area contributed by atoms with Crippen molar-refractivity contribution in [1.29, 1.82) is 0 Å². The van der Waals surface area contributed by atoms with Gasteiger partial charge in [-0.25, -0.2) is 0 Å². The first-order chi connectivity index (χ1) is 11.3.